The molecule has 2 nitrogen and oxygen atoms in total. The first kappa shape index (κ1) is 12.4. The second kappa shape index (κ2) is 5.54. The van der Waals surface area contributed by atoms with E-state index in [9.17, 15) is 0 Å². The van der Waals surface area contributed by atoms with Crippen molar-refractivity contribution in [2.24, 2.45) is 0 Å². The average Bonchev–Trinajstić information content (AvgIpc) is 2.62. The van der Waals surface area contributed by atoms with Gasteiger partial charge in [-0.15, -0.1) is 11.6 Å². The number of halogens is 2. The molecule has 0 radical (unpaired) electrons. The fourth-order valence-corrected chi connectivity index (χ4v) is 3.51. The van der Waals surface area contributed by atoms with Crippen molar-refractivity contribution in [2.45, 2.75) is 56.9 Å². The molecule has 2 atom stereocenters. The van der Waals surface area contributed by atoms with Gasteiger partial charge in [-0.05, 0) is 35.2 Å². The molecule has 1 fully saturated rings. The number of nitrogens with zero attached hydrogens (tertiary/aromatic N) is 2. The summed E-state index contributed by atoms with van der Waals surface area (Å²) in [7, 11) is 0. The van der Waals surface area contributed by atoms with Crippen molar-refractivity contribution in [1.29, 1.82) is 0 Å². The summed E-state index contributed by atoms with van der Waals surface area (Å²) in [5.74, 6) is 0.471. The van der Waals surface area contributed by atoms with E-state index in [1.165, 1.54) is 25.0 Å². The van der Waals surface area contributed by atoms with Crippen LogP contribution in [0.25, 0.3) is 0 Å². The molecule has 0 saturated heterocycles. The van der Waals surface area contributed by atoms with Crippen LogP contribution in [-0.4, -0.2) is 15.2 Å². The predicted octanol–water partition coefficient (Wildman–Crippen LogP) is 4.32. The van der Waals surface area contributed by atoms with Gasteiger partial charge in [-0.25, -0.2) is 0 Å². The van der Waals surface area contributed by atoms with E-state index in [1.807, 2.05) is 6.20 Å². The van der Waals surface area contributed by atoms with Gasteiger partial charge >= 0.3 is 0 Å². The van der Waals surface area contributed by atoms with Gasteiger partial charge in [-0.2, -0.15) is 5.10 Å². The van der Waals surface area contributed by atoms with Crippen molar-refractivity contribution in [1.82, 2.24) is 9.78 Å². The van der Waals surface area contributed by atoms with E-state index >= 15 is 0 Å². The molecule has 16 heavy (non-hydrogen) atoms. The SMILES string of the molecule is CCCn1ncc(Br)c1C1CCCCC1Cl. The fraction of sp³-hybridized carbons (Fsp3) is 0.750. The van der Waals surface area contributed by atoms with Crippen LogP contribution in [0.4, 0.5) is 0 Å². The monoisotopic (exact) mass is 304 g/mol. The molecule has 1 aromatic heterocycles. The van der Waals surface area contributed by atoms with Crippen LogP contribution < -0.4 is 0 Å². The molecule has 0 amide bonds. The summed E-state index contributed by atoms with van der Waals surface area (Å²) in [6, 6.07) is 0. The van der Waals surface area contributed by atoms with Crippen molar-refractivity contribution < 1.29 is 0 Å². The lowest BCUT2D eigenvalue weighted by Crippen LogP contribution is -2.21. The molecule has 1 heterocycles. The molecule has 1 aromatic rings. The third kappa shape index (κ3) is 2.45. The molecule has 1 saturated carbocycles. The van der Waals surface area contributed by atoms with Gasteiger partial charge in [0, 0.05) is 17.8 Å². The highest BCUT2D eigenvalue weighted by Gasteiger charge is 2.29. The Kier molecular flexibility index (Phi) is 4.31. The molecule has 1 aliphatic rings. The summed E-state index contributed by atoms with van der Waals surface area (Å²) in [6.45, 7) is 3.17. The molecule has 2 unspecified atom stereocenters. The summed E-state index contributed by atoms with van der Waals surface area (Å²) >= 11 is 10.1. The fourth-order valence-electron chi connectivity index (χ4n) is 2.52. The van der Waals surface area contributed by atoms with Crippen molar-refractivity contribution in [3.63, 3.8) is 0 Å². The quantitative estimate of drug-likeness (QED) is 0.760. The molecule has 0 aliphatic heterocycles. The summed E-state index contributed by atoms with van der Waals surface area (Å²) in [6.07, 6.45) is 7.91. The Balaban J connectivity index is 2.26. The minimum Gasteiger partial charge on any atom is -0.268 e. The van der Waals surface area contributed by atoms with Gasteiger partial charge < -0.3 is 0 Å². The lowest BCUT2D eigenvalue weighted by Gasteiger charge is -2.28. The molecule has 0 aromatic carbocycles. The predicted molar refractivity (Wildman–Crippen MR) is 71.1 cm³/mol. The number of aromatic nitrogens is 2. The Morgan fingerprint density at radius 3 is 2.94 bits per heavy atom. The molecular weight excluding hydrogens is 288 g/mol. The number of aryl methyl sites for hydroxylation is 1. The number of alkyl halides is 1. The van der Waals surface area contributed by atoms with E-state index < -0.39 is 0 Å². The van der Waals surface area contributed by atoms with Crippen molar-refractivity contribution in [3.05, 3.63) is 16.4 Å². The summed E-state index contributed by atoms with van der Waals surface area (Å²) in [5, 5.41) is 4.70. The van der Waals surface area contributed by atoms with Crippen LogP contribution in [0.5, 0.6) is 0 Å². The minimum atomic E-state index is 0.275. The number of hydrogen-bond donors (Lipinski definition) is 0. The highest BCUT2D eigenvalue weighted by molar-refractivity contribution is 9.10. The second-order valence-corrected chi connectivity index (χ2v) is 5.92. The van der Waals surface area contributed by atoms with Gasteiger partial charge in [0.15, 0.2) is 0 Å². The number of hydrogen-bond acceptors (Lipinski definition) is 1. The van der Waals surface area contributed by atoms with Crippen LogP contribution >= 0.6 is 27.5 Å². The molecule has 0 N–H and O–H groups in total. The maximum atomic E-state index is 6.46. The zero-order valence-electron chi connectivity index (χ0n) is 9.63. The largest absolute Gasteiger partial charge is 0.268 e. The van der Waals surface area contributed by atoms with E-state index in [0.29, 0.717) is 5.92 Å². The van der Waals surface area contributed by atoms with E-state index in [0.717, 1.165) is 23.9 Å². The van der Waals surface area contributed by atoms with E-state index in [1.54, 1.807) is 0 Å². The highest BCUT2D eigenvalue weighted by Crippen LogP contribution is 2.39. The Morgan fingerprint density at radius 1 is 1.50 bits per heavy atom. The van der Waals surface area contributed by atoms with Crippen LogP contribution in [0.1, 0.15) is 50.6 Å². The molecule has 1 aliphatic carbocycles. The lowest BCUT2D eigenvalue weighted by atomic mass is 9.86. The zero-order chi connectivity index (χ0) is 11.5. The minimum absolute atomic E-state index is 0.275. The van der Waals surface area contributed by atoms with Crippen molar-refractivity contribution in [3.8, 4) is 0 Å². The van der Waals surface area contributed by atoms with E-state index in [-0.39, 0.29) is 5.38 Å². The van der Waals surface area contributed by atoms with Gasteiger partial charge in [-0.3, -0.25) is 4.68 Å². The summed E-state index contributed by atoms with van der Waals surface area (Å²) < 4.78 is 3.24. The Morgan fingerprint density at radius 2 is 2.25 bits per heavy atom. The maximum absolute atomic E-state index is 6.46. The first-order valence-electron chi connectivity index (χ1n) is 6.09. The average molecular weight is 306 g/mol. The standard InChI is InChI=1S/C12H18BrClN2/c1-2-7-16-12(10(13)8-15-16)9-5-3-4-6-11(9)14/h8-9,11H,2-7H2,1H3. The molecule has 2 rings (SSSR count). The van der Waals surface area contributed by atoms with Crippen LogP contribution in [0, 0.1) is 0 Å². The third-order valence-corrected chi connectivity index (χ3v) is 4.43. The number of rotatable bonds is 3. The van der Waals surface area contributed by atoms with Crippen LogP contribution in [-0.2, 0) is 6.54 Å². The smallest absolute Gasteiger partial charge is 0.0635 e. The van der Waals surface area contributed by atoms with Crippen molar-refractivity contribution in [2.75, 3.05) is 0 Å². The van der Waals surface area contributed by atoms with Gasteiger partial charge in [0.2, 0.25) is 0 Å². The van der Waals surface area contributed by atoms with Gasteiger partial charge in [0.05, 0.1) is 16.4 Å². The zero-order valence-corrected chi connectivity index (χ0v) is 12.0. The molecule has 4 heteroatoms. The normalized spacial score (nSPS) is 25.9. The van der Waals surface area contributed by atoms with E-state index in [4.69, 9.17) is 11.6 Å². The Labute approximate surface area is 110 Å². The lowest BCUT2D eigenvalue weighted by molar-refractivity contribution is 0.418. The first-order chi connectivity index (χ1) is 7.74. The Bertz CT molecular complexity index is 351. The maximum Gasteiger partial charge on any atom is 0.0635 e. The van der Waals surface area contributed by atoms with Gasteiger partial charge in [0.25, 0.3) is 0 Å². The van der Waals surface area contributed by atoms with Gasteiger partial charge in [0.1, 0.15) is 0 Å². The third-order valence-electron chi connectivity index (χ3n) is 3.30. The van der Waals surface area contributed by atoms with Crippen molar-refractivity contribution >= 4 is 27.5 Å². The topological polar surface area (TPSA) is 17.8 Å². The molecule has 0 spiro atoms. The highest BCUT2D eigenvalue weighted by atomic mass is 79.9. The van der Waals surface area contributed by atoms with Crippen LogP contribution in [0.15, 0.2) is 10.7 Å². The Hall–Kier alpha value is -0.0200. The van der Waals surface area contributed by atoms with Gasteiger partial charge in [-0.1, -0.05) is 19.8 Å². The van der Waals surface area contributed by atoms with Crippen LogP contribution in [0.2, 0.25) is 0 Å². The molecular formula is C12H18BrClN2. The first-order valence-corrected chi connectivity index (χ1v) is 7.32. The molecule has 0 bridgehead atoms. The summed E-state index contributed by atoms with van der Waals surface area (Å²) in [4.78, 5) is 0. The summed E-state index contributed by atoms with van der Waals surface area (Å²) in [5.41, 5.74) is 1.31. The van der Waals surface area contributed by atoms with E-state index in [2.05, 4.69) is 32.6 Å². The molecule has 90 valence electrons. The van der Waals surface area contributed by atoms with Crippen LogP contribution in [0.3, 0.4) is 0 Å². The second-order valence-electron chi connectivity index (χ2n) is 4.51.